The maximum atomic E-state index is 4.41. The Morgan fingerprint density at radius 1 is 1.38 bits per heavy atom. The minimum Gasteiger partial charge on any atom is -0.311 e. The summed E-state index contributed by atoms with van der Waals surface area (Å²) in [6.07, 6.45) is 4.62. The zero-order chi connectivity index (χ0) is 11.4. The zero-order valence-corrected chi connectivity index (χ0v) is 10.3. The highest BCUT2D eigenvalue weighted by atomic mass is 32.1. The molecule has 0 spiro atoms. The van der Waals surface area contributed by atoms with E-state index in [1.807, 2.05) is 26.4 Å². The first-order valence-electron chi connectivity index (χ1n) is 5.26. The van der Waals surface area contributed by atoms with Gasteiger partial charge in [0.1, 0.15) is 0 Å². The number of nitrogens with one attached hydrogen (secondary N) is 1. The fraction of sp³-hybridized carbons (Fsp3) is 0.333. The van der Waals surface area contributed by atoms with Crippen molar-refractivity contribution in [3.05, 3.63) is 46.2 Å². The van der Waals surface area contributed by atoms with Crippen molar-refractivity contribution < 1.29 is 0 Å². The first-order chi connectivity index (χ1) is 7.79. The number of aromatic nitrogens is 2. The van der Waals surface area contributed by atoms with Crippen LogP contribution in [0.25, 0.3) is 0 Å². The molecule has 1 unspecified atom stereocenters. The molecule has 0 aromatic carbocycles. The van der Waals surface area contributed by atoms with Gasteiger partial charge in [0.15, 0.2) is 0 Å². The quantitative estimate of drug-likeness (QED) is 0.881. The normalized spacial score (nSPS) is 12.6. The van der Waals surface area contributed by atoms with Crippen LogP contribution >= 0.6 is 11.3 Å². The van der Waals surface area contributed by atoms with Crippen molar-refractivity contribution in [3.8, 4) is 0 Å². The second kappa shape index (κ2) is 5.18. The molecule has 0 saturated carbocycles. The van der Waals surface area contributed by atoms with Crippen molar-refractivity contribution in [2.75, 3.05) is 7.05 Å². The topological polar surface area (TPSA) is 37.8 Å². The SMILES string of the molecule is CNC(Cc1ccsc1)c1cnc(C)cn1. The number of hydrogen-bond donors (Lipinski definition) is 1. The smallest absolute Gasteiger partial charge is 0.0759 e. The highest BCUT2D eigenvalue weighted by Gasteiger charge is 2.11. The molecule has 3 nitrogen and oxygen atoms in total. The van der Waals surface area contributed by atoms with Crippen LogP contribution in [0.1, 0.15) is 23.0 Å². The van der Waals surface area contributed by atoms with Crippen LogP contribution in [0.5, 0.6) is 0 Å². The number of aryl methyl sites for hydroxylation is 1. The molecule has 16 heavy (non-hydrogen) atoms. The lowest BCUT2D eigenvalue weighted by molar-refractivity contribution is 0.573. The van der Waals surface area contributed by atoms with E-state index in [0.717, 1.165) is 17.8 Å². The van der Waals surface area contributed by atoms with E-state index in [9.17, 15) is 0 Å². The van der Waals surface area contributed by atoms with Crippen molar-refractivity contribution >= 4 is 11.3 Å². The Bertz CT molecular complexity index is 422. The molecule has 2 heterocycles. The van der Waals surface area contributed by atoms with Crippen molar-refractivity contribution in [2.45, 2.75) is 19.4 Å². The van der Waals surface area contributed by atoms with Crippen LogP contribution in [0.2, 0.25) is 0 Å². The van der Waals surface area contributed by atoms with Crippen LogP contribution in [0.15, 0.2) is 29.2 Å². The molecule has 4 heteroatoms. The predicted octanol–water partition coefficient (Wildman–Crippen LogP) is 2.35. The number of thiophene rings is 1. The van der Waals surface area contributed by atoms with Gasteiger partial charge < -0.3 is 5.32 Å². The molecule has 2 aromatic heterocycles. The molecule has 0 saturated heterocycles. The van der Waals surface area contributed by atoms with E-state index < -0.39 is 0 Å². The molecule has 1 N–H and O–H groups in total. The molecule has 0 bridgehead atoms. The minimum absolute atomic E-state index is 0.239. The Balaban J connectivity index is 2.13. The molecule has 2 aromatic rings. The highest BCUT2D eigenvalue weighted by Crippen LogP contribution is 2.17. The Morgan fingerprint density at radius 2 is 2.25 bits per heavy atom. The molecular weight excluding hydrogens is 218 g/mol. The molecule has 0 fully saturated rings. The van der Waals surface area contributed by atoms with E-state index in [4.69, 9.17) is 0 Å². The van der Waals surface area contributed by atoms with Gasteiger partial charge in [-0.2, -0.15) is 11.3 Å². The molecular formula is C12H15N3S. The van der Waals surface area contributed by atoms with Gasteiger partial charge in [0.05, 0.1) is 23.6 Å². The summed E-state index contributed by atoms with van der Waals surface area (Å²) in [6.45, 7) is 1.95. The van der Waals surface area contributed by atoms with Crippen LogP contribution < -0.4 is 5.32 Å². The first-order valence-corrected chi connectivity index (χ1v) is 6.21. The standard InChI is InChI=1S/C12H15N3S/c1-9-6-15-12(7-14-9)11(13-2)5-10-3-4-16-8-10/h3-4,6-8,11,13H,5H2,1-2H3. The summed E-state index contributed by atoms with van der Waals surface area (Å²) < 4.78 is 0. The highest BCUT2D eigenvalue weighted by molar-refractivity contribution is 7.07. The van der Waals surface area contributed by atoms with E-state index in [0.29, 0.717) is 0 Å². The summed E-state index contributed by atoms with van der Waals surface area (Å²) in [5.74, 6) is 0. The van der Waals surface area contributed by atoms with Crippen LogP contribution in [0.3, 0.4) is 0 Å². The average Bonchev–Trinajstić information content (AvgIpc) is 2.80. The number of hydrogen-bond acceptors (Lipinski definition) is 4. The lowest BCUT2D eigenvalue weighted by Crippen LogP contribution is -2.20. The van der Waals surface area contributed by atoms with Crippen LogP contribution in [0, 0.1) is 6.92 Å². The van der Waals surface area contributed by atoms with Gasteiger partial charge in [-0.25, -0.2) is 0 Å². The summed E-state index contributed by atoms with van der Waals surface area (Å²) in [5, 5.41) is 7.55. The first kappa shape index (κ1) is 11.2. The number of nitrogens with zero attached hydrogens (tertiary/aromatic N) is 2. The van der Waals surface area contributed by atoms with Crippen LogP contribution in [-0.4, -0.2) is 17.0 Å². The lowest BCUT2D eigenvalue weighted by atomic mass is 10.1. The minimum atomic E-state index is 0.239. The molecule has 0 aliphatic rings. The summed E-state index contributed by atoms with van der Waals surface area (Å²) in [7, 11) is 1.96. The maximum absolute atomic E-state index is 4.41. The Kier molecular flexibility index (Phi) is 3.64. The van der Waals surface area contributed by atoms with E-state index in [2.05, 4.69) is 32.1 Å². The zero-order valence-electron chi connectivity index (χ0n) is 9.47. The fourth-order valence-corrected chi connectivity index (χ4v) is 2.26. The van der Waals surface area contributed by atoms with Crippen LogP contribution in [0.4, 0.5) is 0 Å². The molecule has 2 rings (SSSR count). The Hall–Kier alpha value is -1.26. The van der Waals surface area contributed by atoms with E-state index in [1.165, 1.54) is 5.56 Å². The molecule has 0 aliphatic heterocycles. The molecule has 0 aliphatic carbocycles. The Morgan fingerprint density at radius 3 is 2.81 bits per heavy atom. The number of rotatable bonds is 4. The van der Waals surface area contributed by atoms with Crippen molar-refractivity contribution in [3.63, 3.8) is 0 Å². The molecule has 84 valence electrons. The van der Waals surface area contributed by atoms with Gasteiger partial charge >= 0.3 is 0 Å². The van der Waals surface area contributed by atoms with E-state index in [-0.39, 0.29) is 6.04 Å². The molecule has 1 atom stereocenters. The van der Waals surface area contributed by atoms with Gasteiger partial charge in [-0.05, 0) is 42.8 Å². The summed E-state index contributed by atoms with van der Waals surface area (Å²) in [5.41, 5.74) is 3.29. The summed E-state index contributed by atoms with van der Waals surface area (Å²) >= 11 is 1.73. The van der Waals surface area contributed by atoms with Crippen molar-refractivity contribution in [1.82, 2.24) is 15.3 Å². The predicted molar refractivity (Wildman–Crippen MR) is 66.6 cm³/mol. The Labute approximate surface area is 99.6 Å². The van der Waals surface area contributed by atoms with Gasteiger partial charge in [0.2, 0.25) is 0 Å². The maximum Gasteiger partial charge on any atom is 0.0759 e. The van der Waals surface area contributed by atoms with Crippen molar-refractivity contribution in [2.24, 2.45) is 0 Å². The van der Waals surface area contributed by atoms with E-state index in [1.54, 1.807) is 11.3 Å². The average molecular weight is 233 g/mol. The largest absolute Gasteiger partial charge is 0.311 e. The van der Waals surface area contributed by atoms with Gasteiger partial charge in [0, 0.05) is 6.20 Å². The fourth-order valence-electron chi connectivity index (χ4n) is 1.58. The third kappa shape index (κ3) is 2.65. The van der Waals surface area contributed by atoms with Gasteiger partial charge in [-0.15, -0.1) is 0 Å². The third-order valence-corrected chi connectivity index (χ3v) is 3.26. The lowest BCUT2D eigenvalue weighted by Gasteiger charge is -2.14. The third-order valence-electron chi connectivity index (χ3n) is 2.53. The summed E-state index contributed by atoms with van der Waals surface area (Å²) in [6, 6.07) is 2.39. The monoisotopic (exact) mass is 233 g/mol. The summed E-state index contributed by atoms with van der Waals surface area (Å²) in [4.78, 5) is 8.69. The number of likely N-dealkylation sites (N-methyl/N-ethyl adjacent to an activating group) is 1. The van der Waals surface area contributed by atoms with Gasteiger partial charge in [0.25, 0.3) is 0 Å². The molecule has 0 amide bonds. The van der Waals surface area contributed by atoms with E-state index >= 15 is 0 Å². The second-order valence-electron chi connectivity index (χ2n) is 3.76. The van der Waals surface area contributed by atoms with Crippen molar-refractivity contribution in [1.29, 1.82) is 0 Å². The van der Waals surface area contributed by atoms with Crippen LogP contribution in [-0.2, 0) is 6.42 Å². The molecule has 0 radical (unpaired) electrons. The second-order valence-corrected chi connectivity index (χ2v) is 4.54. The van der Waals surface area contributed by atoms with Gasteiger partial charge in [-0.1, -0.05) is 0 Å². The van der Waals surface area contributed by atoms with Gasteiger partial charge in [-0.3, -0.25) is 9.97 Å².